The highest BCUT2D eigenvalue weighted by Gasteiger charge is 2.32. The summed E-state index contributed by atoms with van der Waals surface area (Å²) in [6, 6.07) is 0. The van der Waals surface area contributed by atoms with E-state index in [0.29, 0.717) is 5.69 Å². The Morgan fingerprint density at radius 1 is 1.57 bits per heavy atom. The molecule has 0 amide bonds. The quantitative estimate of drug-likeness (QED) is 0.692. The van der Waals surface area contributed by atoms with Gasteiger partial charge in [0.1, 0.15) is 6.42 Å². The summed E-state index contributed by atoms with van der Waals surface area (Å²) in [7, 11) is 1.55. The third-order valence-corrected chi connectivity index (χ3v) is 1.67. The number of nitrogens with zero attached hydrogens (tertiary/aromatic N) is 2. The number of hydrogen-bond acceptors (Lipinski definition) is 2. The fraction of sp³-hybridized carbons (Fsp3) is 0.500. The minimum Gasteiger partial charge on any atom is -0.294 e. The molecule has 0 N–H and O–H groups in total. The van der Waals surface area contributed by atoms with Crippen LogP contribution in [0.5, 0.6) is 0 Å². The zero-order chi connectivity index (χ0) is 10.9. The molecule has 0 radical (unpaired) electrons. The fourth-order valence-corrected chi connectivity index (χ4v) is 1.15. The number of alkyl halides is 3. The summed E-state index contributed by atoms with van der Waals surface area (Å²) in [5, 5.41) is 3.79. The molecule has 0 aliphatic heterocycles. The van der Waals surface area contributed by atoms with Crippen molar-refractivity contribution < 1.29 is 18.0 Å². The standard InChI is InChI=1S/C8H9F3N2O/c1-5-6(4-13(2)12-5)7(14)3-8(9,10)11/h4H,3H2,1-2H3. The monoisotopic (exact) mass is 206 g/mol. The van der Waals surface area contributed by atoms with Gasteiger partial charge in [-0.05, 0) is 6.92 Å². The number of aryl methyl sites for hydroxylation is 2. The van der Waals surface area contributed by atoms with Gasteiger partial charge in [-0.1, -0.05) is 0 Å². The Morgan fingerprint density at radius 2 is 2.14 bits per heavy atom. The molecule has 0 fully saturated rings. The van der Waals surface area contributed by atoms with Gasteiger partial charge in [0.2, 0.25) is 0 Å². The molecule has 0 aromatic carbocycles. The normalized spacial score (nSPS) is 11.8. The minimum atomic E-state index is -4.46. The third-order valence-electron chi connectivity index (χ3n) is 1.67. The van der Waals surface area contributed by atoms with Crippen LogP contribution in [0.1, 0.15) is 22.5 Å². The van der Waals surface area contributed by atoms with Gasteiger partial charge in [-0.3, -0.25) is 9.48 Å². The second kappa shape index (κ2) is 3.43. The lowest BCUT2D eigenvalue weighted by Gasteiger charge is -2.03. The Balaban J connectivity index is 2.85. The first-order chi connectivity index (χ1) is 6.29. The van der Waals surface area contributed by atoms with E-state index in [1.807, 2.05) is 0 Å². The Labute approximate surface area is 78.5 Å². The first kappa shape index (κ1) is 10.7. The summed E-state index contributed by atoms with van der Waals surface area (Å²) in [6.45, 7) is 1.50. The molecule has 0 unspecified atom stereocenters. The zero-order valence-electron chi connectivity index (χ0n) is 7.72. The Kier molecular flexibility index (Phi) is 2.64. The van der Waals surface area contributed by atoms with Crippen LogP contribution >= 0.6 is 0 Å². The van der Waals surface area contributed by atoms with Crippen LogP contribution in [0.3, 0.4) is 0 Å². The van der Waals surface area contributed by atoms with Crippen molar-refractivity contribution in [3.8, 4) is 0 Å². The van der Waals surface area contributed by atoms with Gasteiger partial charge in [0.25, 0.3) is 0 Å². The molecule has 0 spiro atoms. The second-order valence-electron chi connectivity index (χ2n) is 3.02. The van der Waals surface area contributed by atoms with Crippen molar-refractivity contribution in [2.45, 2.75) is 19.5 Å². The van der Waals surface area contributed by atoms with Crippen molar-refractivity contribution in [3.05, 3.63) is 17.5 Å². The molecule has 1 rings (SSSR count). The maximum Gasteiger partial charge on any atom is 0.396 e. The first-order valence-electron chi connectivity index (χ1n) is 3.90. The van der Waals surface area contributed by atoms with Gasteiger partial charge in [0.05, 0.1) is 11.3 Å². The molecule has 3 nitrogen and oxygen atoms in total. The number of carbonyl (C=O) groups is 1. The van der Waals surface area contributed by atoms with Crippen LogP contribution in [0.2, 0.25) is 0 Å². The smallest absolute Gasteiger partial charge is 0.294 e. The maximum absolute atomic E-state index is 11.9. The Bertz CT molecular complexity index is 354. The number of carbonyl (C=O) groups excluding carboxylic acids is 1. The molecule has 1 heterocycles. The van der Waals surface area contributed by atoms with E-state index in [1.165, 1.54) is 17.8 Å². The summed E-state index contributed by atoms with van der Waals surface area (Å²) in [4.78, 5) is 11.1. The number of hydrogen-bond donors (Lipinski definition) is 0. The van der Waals surface area contributed by atoms with Gasteiger partial charge in [0.15, 0.2) is 5.78 Å². The van der Waals surface area contributed by atoms with Crippen molar-refractivity contribution in [2.24, 2.45) is 7.05 Å². The van der Waals surface area contributed by atoms with E-state index in [0.717, 1.165) is 0 Å². The van der Waals surface area contributed by atoms with E-state index in [2.05, 4.69) is 5.10 Å². The molecular formula is C8H9F3N2O. The van der Waals surface area contributed by atoms with Gasteiger partial charge >= 0.3 is 6.18 Å². The van der Waals surface area contributed by atoms with Crippen molar-refractivity contribution in [1.82, 2.24) is 9.78 Å². The molecule has 1 aromatic rings. The maximum atomic E-state index is 11.9. The van der Waals surface area contributed by atoms with Crippen molar-refractivity contribution in [3.63, 3.8) is 0 Å². The van der Waals surface area contributed by atoms with Gasteiger partial charge in [-0.2, -0.15) is 18.3 Å². The lowest BCUT2D eigenvalue weighted by Crippen LogP contribution is -2.15. The molecule has 0 aliphatic carbocycles. The van der Waals surface area contributed by atoms with Crippen LogP contribution in [0, 0.1) is 6.92 Å². The summed E-state index contributed by atoms with van der Waals surface area (Å²) >= 11 is 0. The number of halogens is 3. The number of aromatic nitrogens is 2. The van der Waals surface area contributed by atoms with Crippen LogP contribution in [0.25, 0.3) is 0 Å². The second-order valence-corrected chi connectivity index (χ2v) is 3.02. The SMILES string of the molecule is Cc1nn(C)cc1C(=O)CC(F)(F)F. The average Bonchev–Trinajstić information content (AvgIpc) is 2.26. The van der Waals surface area contributed by atoms with Gasteiger partial charge in [0, 0.05) is 13.2 Å². The van der Waals surface area contributed by atoms with Crippen LogP contribution < -0.4 is 0 Å². The first-order valence-corrected chi connectivity index (χ1v) is 3.90. The molecule has 6 heteroatoms. The predicted octanol–water partition coefficient (Wildman–Crippen LogP) is 1.86. The summed E-state index contributed by atoms with van der Waals surface area (Å²) in [6.07, 6.45) is -4.59. The van der Waals surface area contributed by atoms with Crippen molar-refractivity contribution in [1.29, 1.82) is 0 Å². The molecule has 78 valence electrons. The molecule has 0 saturated heterocycles. The largest absolute Gasteiger partial charge is 0.396 e. The zero-order valence-corrected chi connectivity index (χ0v) is 7.72. The van der Waals surface area contributed by atoms with Crippen LogP contribution in [-0.4, -0.2) is 21.7 Å². The fourth-order valence-electron chi connectivity index (χ4n) is 1.15. The summed E-state index contributed by atoms with van der Waals surface area (Å²) in [5.74, 6) is -0.942. The Hall–Kier alpha value is -1.33. The summed E-state index contributed by atoms with van der Waals surface area (Å²) < 4.78 is 37.0. The Morgan fingerprint density at radius 3 is 2.50 bits per heavy atom. The highest BCUT2D eigenvalue weighted by molar-refractivity contribution is 5.97. The third kappa shape index (κ3) is 2.58. The average molecular weight is 206 g/mol. The summed E-state index contributed by atoms with van der Waals surface area (Å²) in [5.41, 5.74) is 0.353. The molecule has 0 atom stereocenters. The number of Topliss-reactive ketones (excluding diaryl/α,β-unsaturated/α-hetero) is 1. The molecule has 0 saturated carbocycles. The lowest BCUT2D eigenvalue weighted by atomic mass is 10.1. The van der Waals surface area contributed by atoms with E-state index in [-0.39, 0.29) is 5.56 Å². The molecule has 0 bridgehead atoms. The van der Waals surface area contributed by atoms with E-state index in [9.17, 15) is 18.0 Å². The highest BCUT2D eigenvalue weighted by Crippen LogP contribution is 2.22. The highest BCUT2D eigenvalue weighted by atomic mass is 19.4. The van der Waals surface area contributed by atoms with Gasteiger partial charge in [-0.25, -0.2) is 0 Å². The molecule has 14 heavy (non-hydrogen) atoms. The van der Waals surface area contributed by atoms with Crippen LogP contribution in [0.4, 0.5) is 13.2 Å². The van der Waals surface area contributed by atoms with Crippen molar-refractivity contribution >= 4 is 5.78 Å². The van der Waals surface area contributed by atoms with Crippen molar-refractivity contribution in [2.75, 3.05) is 0 Å². The number of rotatable bonds is 2. The minimum absolute atomic E-state index is 0.0322. The van der Waals surface area contributed by atoms with E-state index >= 15 is 0 Å². The lowest BCUT2D eigenvalue weighted by molar-refractivity contribution is -0.125. The predicted molar refractivity (Wildman–Crippen MR) is 42.9 cm³/mol. The van der Waals surface area contributed by atoms with Gasteiger partial charge < -0.3 is 0 Å². The molecular weight excluding hydrogens is 197 g/mol. The molecule has 1 aromatic heterocycles. The number of ketones is 1. The van der Waals surface area contributed by atoms with E-state index in [1.54, 1.807) is 7.05 Å². The van der Waals surface area contributed by atoms with Gasteiger partial charge in [-0.15, -0.1) is 0 Å². The van der Waals surface area contributed by atoms with E-state index in [4.69, 9.17) is 0 Å². The van der Waals surface area contributed by atoms with E-state index < -0.39 is 18.4 Å². The molecule has 0 aliphatic rings. The van der Waals surface area contributed by atoms with Crippen LogP contribution in [0.15, 0.2) is 6.20 Å². The van der Waals surface area contributed by atoms with Crippen LogP contribution in [-0.2, 0) is 7.05 Å². The topological polar surface area (TPSA) is 34.9 Å².